The summed E-state index contributed by atoms with van der Waals surface area (Å²) in [7, 11) is -2.09. The number of piperazine rings is 1. The molecule has 1 aromatic heterocycles. The molecule has 2 heterocycles. The second-order valence-corrected chi connectivity index (χ2v) is 11.4. The van der Waals surface area contributed by atoms with E-state index in [2.05, 4.69) is 15.1 Å². The minimum Gasteiger partial charge on any atom is -0.497 e. The van der Waals surface area contributed by atoms with Crippen molar-refractivity contribution in [1.82, 2.24) is 19.4 Å². The molecule has 0 N–H and O–H groups in total. The van der Waals surface area contributed by atoms with E-state index in [1.165, 1.54) is 4.31 Å². The van der Waals surface area contributed by atoms with E-state index in [-0.39, 0.29) is 23.4 Å². The second-order valence-electron chi connectivity index (χ2n) is 9.47. The van der Waals surface area contributed by atoms with Gasteiger partial charge in [-0.1, -0.05) is 29.8 Å². The molecule has 2 fully saturated rings. The second kappa shape index (κ2) is 10.5. The average Bonchev–Trinajstić information content (AvgIpc) is 3.77. The predicted octanol–water partition coefficient (Wildman–Crippen LogP) is 2.96. The number of ether oxygens (including phenoxy) is 1. The molecule has 194 valence electrons. The fourth-order valence-corrected chi connectivity index (χ4v) is 6.10. The molecule has 0 atom stereocenters. The molecule has 3 aromatic rings. The summed E-state index contributed by atoms with van der Waals surface area (Å²) in [5.41, 5.74) is 2.67. The van der Waals surface area contributed by atoms with E-state index < -0.39 is 10.0 Å². The summed E-state index contributed by atoms with van der Waals surface area (Å²) < 4.78 is 33.2. The molecule has 1 saturated heterocycles. The number of hydrogen-bond donors (Lipinski definition) is 0. The molecule has 0 radical (unpaired) electrons. The van der Waals surface area contributed by atoms with E-state index in [0.717, 1.165) is 41.2 Å². The van der Waals surface area contributed by atoms with Crippen molar-refractivity contribution >= 4 is 21.7 Å². The smallest absolute Gasteiger partial charge is 0.243 e. The van der Waals surface area contributed by atoms with Crippen LogP contribution in [-0.2, 0) is 14.8 Å². The summed E-state index contributed by atoms with van der Waals surface area (Å²) in [6.07, 6.45) is 1.58. The van der Waals surface area contributed by atoms with E-state index in [1.54, 1.807) is 36.3 Å². The molecule has 1 amide bonds. The molecule has 2 aliphatic rings. The number of benzene rings is 2. The SMILES string of the molecule is COc1cccc(-c2ccc(N3CCN(C(=O)CN(C4CC4)S(=O)(=O)c4ccc(C)cc4)CC3)nn2)c1. The average molecular weight is 522 g/mol. The molecular weight excluding hydrogens is 490 g/mol. The summed E-state index contributed by atoms with van der Waals surface area (Å²) in [6.45, 7) is 4.00. The minimum atomic E-state index is -3.72. The molecule has 9 nitrogen and oxygen atoms in total. The van der Waals surface area contributed by atoms with Gasteiger partial charge in [0.25, 0.3) is 0 Å². The maximum atomic E-state index is 13.3. The van der Waals surface area contributed by atoms with Crippen molar-refractivity contribution in [3.8, 4) is 17.0 Å². The summed E-state index contributed by atoms with van der Waals surface area (Å²) in [4.78, 5) is 17.2. The number of carbonyl (C=O) groups is 1. The normalized spacial score (nSPS) is 16.2. The predicted molar refractivity (Wildman–Crippen MR) is 141 cm³/mol. The third-order valence-electron chi connectivity index (χ3n) is 6.85. The summed E-state index contributed by atoms with van der Waals surface area (Å²) in [6, 6.07) is 18.2. The molecule has 1 aliphatic carbocycles. The first-order valence-corrected chi connectivity index (χ1v) is 13.9. The topological polar surface area (TPSA) is 95.9 Å². The quantitative estimate of drug-likeness (QED) is 0.450. The van der Waals surface area contributed by atoms with Gasteiger partial charge in [0.2, 0.25) is 15.9 Å². The Morgan fingerprint density at radius 1 is 1.00 bits per heavy atom. The zero-order valence-corrected chi connectivity index (χ0v) is 21.9. The Labute approximate surface area is 217 Å². The van der Waals surface area contributed by atoms with Gasteiger partial charge in [-0.2, -0.15) is 4.31 Å². The van der Waals surface area contributed by atoms with Crippen LogP contribution in [0.4, 0.5) is 5.82 Å². The van der Waals surface area contributed by atoms with Gasteiger partial charge in [0, 0.05) is 37.8 Å². The fourth-order valence-electron chi connectivity index (χ4n) is 4.47. The molecule has 2 aromatic carbocycles. The van der Waals surface area contributed by atoms with Crippen LogP contribution in [-0.4, -0.2) is 79.6 Å². The van der Waals surface area contributed by atoms with Crippen molar-refractivity contribution in [3.05, 3.63) is 66.2 Å². The zero-order chi connectivity index (χ0) is 26.0. The lowest BCUT2D eigenvalue weighted by Gasteiger charge is -2.36. The monoisotopic (exact) mass is 521 g/mol. The maximum Gasteiger partial charge on any atom is 0.243 e. The fraction of sp³-hybridized carbons (Fsp3) is 0.370. The maximum absolute atomic E-state index is 13.3. The van der Waals surface area contributed by atoms with Crippen LogP contribution in [0.1, 0.15) is 18.4 Å². The van der Waals surface area contributed by atoms with Crippen LogP contribution in [0, 0.1) is 6.92 Å². The molecule has 10 heteroatoms. The molecular formula is C27H31N5O4S. The van der Waals surface area contributed by atoms with Crippen molar-refractivity contribution in [3.63, 3.8) is 0 Å². The van der Waals surface area contributed by atoms with E-state index in [4.69, 9.17) is 4.74 Å². The first-order chi connectivity index (χ1) is 17.8. The highest BCUT2D eigenvalue weighted by Crippen LogP contribution is 2.32. The summed E-state index contributed by atoms with van der Waals surface area (Å²) >= 11 is 0. The van der Waals surface area contributed by atoms with Gasteiger partial charge in [-0.05, 0) is 56.2 Å². The lowest BCUT2D eigenvalue weighted by Crippen LogP contribution is -2.52. The highest BCUT2D eigenvalue weighted by molar-refractivity contribution is 7.89. The Morgan fingerprint density at radius 3 is 2.35 bits per heavy atom. The van der Waals surface area contributed by atoms with Crippen LogP contribution in [0.15, 0.2) is 65.6 Å². The first-order valence-electron chi connectivity index (χ1n) is 12.4. The van der Waals surface area contributed by atoms with Gasteiger partial charge in [0.05, 0.1) is 24.2 Å². The van der Waals surface area contributed by atoms with Gasteiger partial charge < -0.3 is 14.5 Å². The van der Waals surface area contributed by atoms with Crippen LogP contribution >= 0.6 is 0 Å². The van der Waals surface area contributed by atoms with Crippen molar-refractivity contribution in [2.24, 2.45) is 0 Å². The van der Waals surface area contributed by atoms with Crippen molar-refractivity contribution < 1.29 is 17.9 Å². The third kappa shape index (κ3) is 5.60. The zero-order valence-electron chi connectivity index (χ0n) is 21.1. The van der Waals surface area contributed by atoms with Crippen LogP contribution in [0.25, 0.3) is 11.3 Å². The Balaban J connectivity index is 1.20. The molecule has 37 heavy (non-hydrogen) atoms. The first kappa shape index (κ1) is 25.2. The number of amides is 1. The molecule has 0 bridgehead atoms. The number of sulfonamides is 1. The van der Waals surface area contributed by atoms with Gasteiger partial charge in [0.15, 0.2) is 5.82 Å². The van der Waals surface area contributed by atoms with Gasteiger partial charge in [-0.25, -0.2) is 8.42 Å². The number of aryl methyl sites for hydroxylation is 1. The Morgan fingerprint density at radius 2 is 1.73 bits per heavy atom. The van der Waals surface area contributed by atoms with E-state index in [0.29, 0.717) is 26.2 Å². The Kier molecular flexibility index (Phi) is 7.12. The standard InChI is InChI=1S/C27H31N5O4S/c1-20-6-10-24(11-7-20)37(34,35)32(22-8-9-22)19-27(33)31-16-14-30(15-17-31)26-13-12-25(28-29-26)21-4-3-5-23(18-21)36-2/h3-7,10-13,18,22H,8-9,14-17,19H2,1-2H3. The highest BCUT2D eigenvalue weighted by Gasteiger charge is 2.40. The van der Waals surface area contributed by atoms with Crippen LogP contribution in [0.2, 0.25) is 0 Å². The van der Waals surface area contributed by atoms with Crippen molar-refractivity contribution in [1.29, 1.82) is 0 Å². The van der Waals surface area contributed by atoms with E-state index in [1.807, 2.05) is 43.3 Å². The Bertz CT molecular complexity index is 1350. The number of carbonyl (C=O) groups excluding carboxylic acids is 1. The van der Waals surface area contributed by atoms with Crippen molar-refractivity contribution in [2.75, 3.05) is 44.7 Å². The van der Waals surface area contributed by atoms with Gasteiger partial charge in [-0.3, -0.25) is 4.79 Å². The number of methoxy groups -OCH3 is 1. The largest absolute Gasteiger partial charge is 0.497 e. The van der Waals surface area contributed by atoms with Crippen molar-refractivity contribution in [2.45, 2.75) is 30.7 Å². The third-order valence-corrected chi connectivity index (χ3v) is 8.76. The van der Waals surface area contributed by atoms with Crippen LogP contribution < -0.4 is 9.64 Å². The highest BCUT2D eigenvalue weighted by atomic mass is 32.2. The lowest BCUT2D eigenvalue weighted by atomic mass is 10.1. The van der Waals surface area contributed by atoms with Gasteiger partial charge >= 0.3 is 0 Å². The molecule has 0 spiro atoms. The van der Waals surface area contributed by atoms with Gasteiger partial charge in [0.1, 0.15) is 5.75 Å². The lowest BCUT2D eigenvalue weighted by molar-refractivity contribution is -0.131. The van der Waals surface area contributed by atoms with E-state index >= 15 is 0 Å². The Hall–Kier alpha value is -3.50. The molecule has 1 saturated carbocycles. The molecule has 1 aliphatic heterocycles. The minimum absolute atomic E-state index is 0.102. The summed E-state index contributed by atoms with van der Waals surface area (Å²) in [5.74, 6) is 1.35. The van der Waals surface area contributed by atoms with Gasteiger partial charge in [-0.15, -0.1) is 10.2 Å². The number of anilines is 1. The number of aromatic nitrogens is 2. The molecule has 5 rings (SSSR count). The number of rotatable bonds is 8. The number of nitrogens with zero attached hydrogens (tertiary/aromatic N) is 5. The molecule has 0 unspecified atom stereocenters. The van der Waals surface area contributed by atoms with Crippen LogP contribution in [0.5, 0.6) is 5.75 Å². The van der Waals surface area contributed by atoms with Crippen LogP contribution in [0.3, 0.4) is 0 Å². The van der Waals surface area contributed by atoms with E-state index in [9.17, 15) is 13.2 Å². The number of hydrogen-bond acceptors (Lipinski definition) is 7. The summed E-state index contributed by atoms with van der Waals surface area (Å²) in [5, 5.41) is 8.78.